The molecular weight excluding hydrogens is 250 g/mol. The van der Waals surface area contributed by atoms with E-state index in [4.69, 9.17) is 5.73 Å². The van der Waals surface area contributed by atoms with E-state index in [1.807, 2.05) is 57.2 Å². The number of carbonyl (C=O) groups excluding carboxylic acids is 1. The monoisotopic (exact) mass is 271 g/mol. The molecule has 1 aromatic heterocycles. The van der Waals surface area contributed by atoms with Crippen LogP contribution in [0.4, 0.5) is 0 Å². The number of rotatable bonds is 4. The van der Waals surface area contributed by atoms with Crippen LogP contribution < -0.4 is 11.1 Å². The van der Waals surface area contributed by atoms with E-state index in [9.17, 15) is 4.79 Å². The number of benzene rings is 1. The van der Waals surface area contributed by atoms with Crippen LogP contribution in [-0.4, -0.2) is 23.1 Å². The van der Waals surface area contributed by atoms with Crippen LogP contribution in [0, 0.1) is 13.8 Å². The van der Waals surface area contributed by atoms with Gasteiger partial charge in [-0.3, -0.25) is 4.79 Å². The average molecular weight is 271 g/mol. The van der Waals surface area contributed by atoms with Crippen molar-refractivity contribution >= 4 is 5.91 Å². The molecule has 0 aliphatic carbocycles. The maximum absolute atomic E-state index is 12.3. The van der Waals surface area contributed by atoms with Gasteiger partial charge in [0.15, 0.2) is 0 Å². The van der Waals surface area contributed by atoms with Gasteiger partial charge in [-0.05, 0) is 39.0 Å². The van der Waals surface area contributed by atoms with Crippen LogP contribution >= 0.6 is 0 Å². The van der Waals surface area contributed by atoms with Crippen LogP contribution in [0.1, 0.15) is 28.7 Å². The van der Waals surface area contributed by atoms with Crippen molar-refractivity contribution in [2.24, 2.45) is 5.73 Å². The Hall–Kier alpha value is -2.07. The summed E-state index contributed by atoms with van der Waals surface area (Å²) >= 11 is 0. The lowest BCUT2D eigenvalue weighted by Crippen LogP contribution is -2.37. The Labute approximate surface area is 119 Å². The van der Waals surface area contributed by atoms with Gasteiger partial charge in [0.25, 0.3) is 5.91 Å². The molecule has 0 bridgehead atoms. The highest BCUT2D eigenvalue weighted by Gasteiger charge is 2.17. The standard InChI is InChI=1S/C16H21N3O/c1-11(10-17)18-16(20)15-9-12(2)19(13(15)3)14-7-5-4-6-8-14/h4-9,11H,10,17H2,1-3H3,(H,18,20)/t11-/m0/s1. The van der Waals surface area contributed by atoms with E-state index >= 15 is 0 Å². The lowest BCUT2D eigenvalue weighted by atomic mass is 10.2. The molecule has 0 unspecified atom stereocenters. The van der Waals surface area contributed by atoms with Gasteiger partial charge in [0.1, 0.15) is 0 Å². The summed E-state index contributed by atoms with van der Waals surface area (Å²) in [4.78, 5) is 12.3. The minimum absolute atomic E-state index is 0.0257. The number of carbonyl (C=O) groups is 1. The van der Waals surface area contributed by atoms with E-state index in [-0.39, 0.29) is 11.9 Å². The van der Waals surface area contributed by atoms with Gasteiger partial charge in [-0.2, -0.15) is 0 Å². The molecule has 0 aliphatic heterocycles. The molecule has 0 fully saturated rings. The number of nitrogens with two attached hydrogens (primary N) is 1. The van der Waals surface area contributed by atoms with E-state index < -0.39 is 0 Å². The van der Waals surface area contributed by atoms with Gasteiger partial charge >= 0.3 is 0 Å². The van der Waals surface area contributed by atoms with Crippen molar-refractivity contribution in [2.45, 2.75) is 26.8 Å². The first-order valence-corrected chi connectivity index (χ1v) is 6.80. The molecular formula is C16H21N3O. The largest absolute Gasteiger partial charge is 0.348 e. The first-order valence-electron chi connectivity index (χ1n) is 6.80. The fourth-order valence-electron chi connectivity index (χ4n) is 2.33. The quantitative estimate of drug-likeness (QED) is 0.895. The van der Waals surface area contributed by atoms with Crippen LogP contribution in [-0.2, 0) is 0 Å². The number of hydrogen-bond acceptors (Lipinski definition) is 2. The molecule has 0 saturated heterocycles. The Balaban J connectivity index is 2.37. The van der Waals surface area contributed by atoms with Crippen LogP contribution in [0.15, 0.2) is 36.4 Å². The highest BCUT2D eigenvalue weighted by molar-refractivity contribution is 5.96. The molecule has 4 nitrogen and oxygen atoms in total. The molecule has 1 aromatic carbocycles. The first-order chi connectivity index (χ1) is 9.54. The molecule has 1 atom stereocenters. The second kappa shape index (κ2) is 5.92. The zero-order chi connectivity index (χ0) is 14.7. The molecule has 1 amide bonds. The second-order valence-corrected chi connectivity index (χ2v) is 5.07. The van der Waals surface area contributed by atoms with Crippen molar-refractivity contribution in [1.82, 2.24) is 9.88 Å². The summed E-state index contributed by atoms with van der Waals surface area (Å²) in [5.74, 6) is -0.0711. The Kier molecular flexibility index (Phi) is 4.25. The van der Waals surface area contributed by atoms with E-state index in [1.54, 1.807) is 0 Å². The van der Waals surface area contributed by atoms with Gasteiger partial charge in [-0.15, -0.1) is 0 Å². The lowest BCUT2D eigenvalue weighted by Gasteiger charge is -2.12. The van der Waals surface area contributed by atoms with Gasteiger partial charge < -0.3 is 15.6 Å². The maximum Gasteiger partial charge on any atom is 0.253 e. The van der Waals surface area contributed by atoms with Gasteiger partial charge in [-0.25, -0.2) is 0 Å². The Bertz CT molecular complexity index is 602. The van der Waals surface area contributed by atoms with Gasteiger partial charge in [0.2, 0.25) is 0 Å². The fraction of sp³-hybridized carbons (Fsp3) is 0.312. The summed E-state index contributed by atoms with van der Waals surface area (Å²) < 4.78 is 2.09. The molecule has 3 N–H and O–H groups in total. The van der Waals surface area contributed by atoms with E-state index in [0.29, 0.717) is 12.1 Å². The summed E-state index contributed by atoms with van der Waals surface area (Å²) in [6, 6.07) is 11.9. The summed E-state index contributed by atoms with van der Waals surface area (Å²) in [6.45, 7) is 6.29. The van der Waals surface area contributed by atoms with Crippen LogP contribution in [0.25, 0.3) is 5.69 Å². The summed E-state index contributed by atoms with van der Waals surface area (Å²) in [7, 11) is 0. The third-order valence-electron chi connectivity index (χ3n) is 3.42. The van der Waals surface area contributed by atoms with E-state index in [2.05, 4.69) is 9.88 Å². The third-order valence-corrected chi connectivity index (χ3v) is 3.42. The number of nitrogens with one attached hydrogen (secondary N) is 1. The zero-order valence-corrected chi connectivity index (χ0v) is 12.2. The number of amides is 1. The van der Waals surface area contributed by atoms with Crippen molar-refractivity contribution < 1.29 is 4.79 Å². The number of para-hydroxylation sites is 1. The van der Waals surface area contributed by atoms with Crippen LogP contribution in [0.3, 0.4) is 0 Å². The van der Waals surface area contributed by atoms with Crippen LogP contribution in [0.2, 0.25) is 0 Å². The smallest absolute Gasteiger partial charge is 0.253 e. The molecule has 0 aliphatic rings. The summed E-state index contributed by atoms with van der Waals surface area (Å²) in [5, 5.41) is 2.90. The highest BCUT2D eigenvalue weighted by Crippen LogP contribution is 2.20. The minimum Gasteiger partial charge on any atom is -0.348 e. The van der Waals surface area contributed by atoms with Gasteiger partial charge in [0, 0.05) is 29.7 Å². The topological polar surface area (TPSA) is 60.1 Å². The van der Waals surface area contributed by atoms with Crippen molar-refractivity contribution in [3.8, 4) is 5.69 Å². The lowest BCUT2D eigenvalue weighted by molar-refractivity contribution is 0.0940. The SMILES string of the molecule is Cc1cc(C(=O)N[C@@H](C)CN)c(C)n1-c1ccccc1. The molecule has 1 heterocycles. The van der Waals surface area contributed by atoms with Crippen molar-refractivity contribution in [1.29, 1.82) is 0 Å². The van der Waals surface area contributed by atoms with E-state index in [1.165, 1.54) is 0 Å². The first kappa shape index (κ1) is 14.3. The van der Waals surface area contributed by atoms with Crippen LogP contribution in [0.5, 0.6) is 0 Å². The molecule has 2 rings (SSSR count). The Morgan fingerprint density at radius 1 is 1.30 bits per heavy atom. The van der Waals surface area contributed by atoms with Gasteiger partial charge in [0.05, 0.1) is 5.56 Å². The molecule has 0 radical (unpaired) electrons. The van der Waals surface area contributed by atoms with Crippen molar-refractivity contribution in [3.63, 3.8) is 0 Å². The average Bonchev–Trinajstić information content (AvgIpc) is 2.75. The fourth-order valence-corrected chi connectivity index (χ4v) is 2.33. The molecule has 0 saturated carbocycles. The second-order valence-electron chi connectivity index (χ2n) is 5.07. The van der Waals surface area contributed by atoms with E-state index in [0.717, 1.165) is 17.1 Å². The molecule has 2 aromatic rings. The molecule has 0 spiro atoms. The highest BCUT2D eigenvalue weighted by atomic mass is 16.1. The van der Waals surface area contributed by atoms with Gasteiger partial charge in [-0.1, -0.05) is 18.2 Å². The maximum atomic E-state index is 12.3. The summed E-state index contributed by atoms with van der Waals surface area (Å²) in [6.07, 6.45) is 0. The number of nitrogens with zero attached hydrogens (tertiary/aromatic N) is 1. The normalized spacial score (nSPS) is 12.2. The predicted molar refractivity (Wildman–Crippen MR) is 81.2 cm³/mol. The predicted octanol–water partition coefficient (Wildman–Crippen LogP) is 2.17. The van der Waals surface area contributed by atoms with Crippen molar-refractivity contribution in [3.05, 3.63) is 53.3 Å². The summed E-state index contributed by atoms with van der Waals surface area (Å²) in [5.41, 5.74) is 9.29. The van der Waals surface area contributed by atoms with Crippen molar-refractivity contribution in [2.75, 3.05) is 6.54 Å². The molecule has 20 heavy (non-hydrogen) atoms. The third kappa shape index (κ3) is 2.75. The Morgan fingerprint density at radius 2 is 1.95 bits per heavy atom. The zero-order valence-electron chi connectivity index (χ0n) is 12.2. The number of aromatic nitrogens is 1. The number of hydrogen-bond donors (Lipinski definition) is 2. The Morgan fingerprint density at radius 3 is 2.55 bits per heavy atom. The molecule has 106 valence electrons. The number of aryl methyl sites for hydroxylation is 1. The molecule has 4 heteroatoms. The minimum atomic E-state index is -0.0711.